The molecule has 1 aliphatic rings. The van der Waals surface area contributed by atoms with Gasteiger partial charge in [-0.3, -0.25) is 29.5 Å². The molecule has 3 aromatic rings. The Morgan fingerprint density at radius 1 is 1.21 bits per heavy atom. The highest BCUT2D eigenvalue weighted by Crippen LogP contribution is 2.31. The third kappa shape index (κ3) is 4.49. The molecule has 1 aromatic heterocycles. The molecule has 0 bridgehead atoms. The zero-order valence-electron chi connectivity index (χ0n) is 17.2. The van der Waals surface area contributed by atoms with Crippen molar-refractivity contribution in [1.29, 1.82) is 0 Å². The van der Waals surface area contributed by atoms with Crippen LogP contribution in [0.3, 0.4) is 0 Å². The maximum Gasteiger partial charge on any atom is 0.271 e. The van der Waals surface area contributed by atoms with Crippen molar-refractivity contribution in [2.75, 3.05) is 23.1 Å². The summed E-state index contributed by atoms with van der Waals surface area (Å²) < 4.78 is 5.26. The van der Waals surface area contributed by atoms with Gasteiger partial charge in [0.25, 0.3) is 11.2 Å². The summed E-state index contributed by atoms with van der Waals surface area (Å²) in [5.41, 5.74) is -0.133. The van der Waals surface area contributed by atoms with E-state index in [2.05, 4.69) is 25.9 Å². The first kappa shape index (κ1) is 21.5. The molecule has 1 atom stereocenters. The first-order chi connectivity index (χ1) is 15.9. The molecule has 33 heavy (non-hydrogen) atoms. The van der Waals surface area contributed by atoms with Crippen LogP contribution in [0.2, 0.25) is 0 Å². The minimum absolute atomic E-state index is 0.0110. The largest absolute Gasteiger partial charge is 0.495 e. The van der Waals surface area contributed by atoms with Gasteiger partial charge in [0.05, 0.1) is 29.2 Å². The van der Waals surface area contributed by atoms with Gasteiger partial charge in [-0.2, -0.15) is 4.98 Å². The molecule has 168 valence electrons. The number of H-pyrrole nitrogens is 1. The average molecular weight is 450 g/mol. The maximum absolute atomic E-state index is 12.9. The highest BCUT2D eigenvalue weighted by Gasteiger charge is 2.35. The molecular formula is C21H18N6O6. The number of carbonyl (C=O) groups is 2. The van der Waals surface area contributed by atoms with Crippen LogP contribution in [0.1, 0.15) is 17.9 Å². The normalized spacial score (nSPS) is 14.6. The molecule has 12 nitrogen and oxygen atoms in total. The summed E-state index contributed by atoms with van der Waals surface area (Å²) in [6, 6.07) is 12.3. The van der Waals surface area contributed by atoms with Crippen molar-refractivity contribution < 1.29 is 19.2 Å². The molecule has 4 rings (SSSR count). The molecule has 2 amide bonds. The van der Waals surface area contributed by atoms with Crippen LogP contribution in [0.15, 0.2) is 53.3 Å². The number of nitro benzene ring substituents is 1. The van der Waals surface area contributed by atoms with Gasteiger partial charge in [-0.05, 0) is 18.2 Å². The zero-order valence-corrected chi connectivity index (χ0v) is 17.2. The Balaban J connectivity index is 1.64. The van der Waals surface area contributed by atoms with Gasteiger partial charge >= 0.3 is 0 Å². The summed E-state index contributed by atoms with van der Waals surface area (Å²) in [5.74, 6) is -1.79. The van der Waals surface area contributed by atoms with E-state index in [9.17, 15) is 24.5 Å². The van der Waals surface area contributed by atoms with E-state index in [4.69, 9.17) is 4.74 Å². The van der Waals surface area contributed by atoms with Crippen molar-refractivity contribution >= 4 is 40.6 Å². The Morgan fingerprint density at radius 2 is 2.00 bits per heavy atom. The highest BCUT2D eigenvalue weighted by atomic mass is 16.6. The van der Waals surface area contributed by atoms with Gasteiger partial charge in [0, 0.05) is 24.2 Å². The lowest BCUT2D eigenvalue weighted by Gasteiger charge is -2.23. The quantitative estimate of drug-likeness (QED) is 0.328. The third-order valence-electron chi connectivity index (χ3n) is 4.95. The van der Waals surface area contributed by atoms with Gasteiger partial charge in [0.2, 0.25) is 17.8 Å². The van der Waals surface area contributed by atoms with Crippen LogP contribution in [0, 0.1) is 10.1 Å². The predicted molar refractivity (Wildman–Crippen MR) is 119 cm³/mol. The van der Waals surface area contributed by atoms with Crippen molar-refractivity contribution in [3.63, 3.8) is 0 Å². The number of hydrogen-bond donors (Lipinski definition) is 4. The molecule has 12 heteroatoms. The SMILES string of the molecule is COc1ccccc1Nc1nc2c(c(=O)[nH]1)[C@@H](C(=O)Nc1cccc([N+](=O)[O-])c1)CC(=O)N2. The first-order valence-corrected chi connectivity index (χ1v) is 9.75. The van der Waals surface area contributed by atoms with Gasteiger partial charge in [0.1, 0.15) is 11.6 Å². The number of carbonyl (C=O) groups excluding carboxylic acids is 2. The second-order valence-electron chi connectivity index (χ2n) is 7.10. The molecule has 4 N–H and O–H groups in total. The summed E-state index contributed by atoms with van der Waals surface area (Å²) in [4.78, 5) is 55.2. The lowest BCUT2D eigenvalue weighted by molar-refractivity contribution is -0.384. The van der Waals surface area contributed by atoms with Gasteiger partial charge < -0.3 is 20.7 Å². The highest BCUT2D eigenvalue weighted by molar-refractivity contribution is 6.04. The lowest BCUT2D eigenvalue weighted by Crippen LogP contribution is -2.36. The Morgan fingerprint density at radius 3 is 2.76 bits per heavy atom. The van der Waals surface area contributed by atoms with E-state index in [1.807, 2.05) is 0 Å². The molecule has 0 fully saturated rings. The molecule has 0 saturated carbocycles. The monoisotopic (exact) mass is 450 g/mol. The minimum Gasteiger partial charge on any atom is -0.495 e. The number of ether oxygens (including phenoxy) is 1. The van der Waals surface area contributed by atoms with Crippen molar-refractivity contribution in [3.8, 4) is 5.75 Å². The Labute approximate surface area is 186 Å². The molecule has 0 aliphatic carbocycles. The number of aromatic nitrogens is 2. The predicted octanol–water partition coefficient (Wildman–Crippen LogP) is 2.49. The second-order valence-corrected chi connectivity index (χ2v) is 7.10. The fourth-order valence-electron chi connectivity index (χ4n) is 3.46. The fourth-order valence-corrected chi connectivity index (χ4v) is 3.46. The van der Waals surface area contributed by atoms with Crippen LogP contribution in [-0.4, -0.2) is 33.8 Å². The standard InChI is InChI=1S/C21H18N6O6/c1-33-15-8-3-2-7-14(15)23-21-25-18-17(20(30)26-21)13(10-16(28)24-18)19(29)22-11-5-4-6-12(9-11)27(31)32/h2-9,13H,10H2,1H3,(H,22,29)(H3,23,24,25,26,28,30)/t13-/m0/s1. The molecule has 0 radical (unpaired) electrons. The van der Waals surface area contributed by atoms with Gasteiger partial charge in [0.15, 0.2) is 0 Å². The number of nitro groups is 1. The lowest BCUT2D eigenvalue weighted by atomic mass is 9.92. The van der Waals surface area contributed by atoms with Crippen molar-refractivity contribution in [1.82, 2.24) is 9.97 Å². The van der Waals surface area contributed by atoms with E-state index in [-0.39, 0.29) is 35.1 Å². The smallest absolute Gasteiger partial charge is 0.271 e. The number of hydrogen-bond acceptors (Lipinski definition) is 8. The molecule has 2 heterocycles. The topological polar surface area (TPSA) is 168 Å². The van der Waals surface area contributed by atoms with Gasteiger partial charge in [-0.15, -0.1) is 0 Å². The van der Waals surface area contributed by atoms with E-state index in [1.165, 1.54) is 31.4 Å². The minimum atomic E-state index is -1.13. The summed E-state index contributed by atoms with van der Waals surface area (Å²) in [6.45, 7) is 0. The number of anilines is 4. The molecule has 0 unspecified atom stereocenters. The van der Waals surface area contributed by atoms with E-state index in [0.29, 0.717) is 11.4 Å². The molecular weight excluding hydrogens is 432 g/mol. The number of fused-ring (bicyclic) bond motifs is 1. The number of amides is 2. The summed E-state index contributed by atoms with van der Waals surface area (Å²) in [5, 5.41) is 18.9. The maximum atomic E-state index is 12.9. The van der Waals surface area contributed by atoms with Crippen molar-refractivity contribution in [2.45, 2.75) is 12.3 Å². The number of nitrogens with one attached hydrogen (secondary N) is 4. The molecule has 0 saturated heterocycles. The Hall–Kier alpha value is -4.74. The van der Waals surface area contributed by atoms with E-state index >= 15 is 0 Å². The molecule has 0 spiro atoms. The third-order valence-corrected chi connectivity index (χ3v) is 4.95. The number of non-ortho nitro benzene ring substituents is 1. The summed E-state index contributed by atoms with van der Waals surface area (Å²) in [6.07, 6.45) is -0.280. The van der Waals surface area contributed by atoms with Crippen LogP contribution in [0.5, 0.6) is 5.75 Å². The summed E-state index contributed by atoms with van der Waals surface area (Å²) in [7, 11) is 1.49. The van der Waals surface area contributed by atoms with Crippen molar-refractivity contribution in [3.05, 3.63) is 74.6 Å². The van der Waals surface area contributed by atoms with Crippen molar-refractivity contribution in [2.24, 2.45) is 0 Å². The number of benzene rings is 2. The van der Waals surface area contributed by atoms with Crippen LogP contribution >= 0.6 is 0 Å². The molecule has 2 aromatic carbocycles. The van der Waals surface area contributed by atoms with E-state index in [1.54, 1.807) is 24.3 Å². The van der Waals surface area contributed by atoms with Crippen LogP contribution in [0.25, 0.3) is 0 Å². The van der Waals surface area contributed by atoms with Crippen LogP contribution < -0.4 is 26.2 Å². The fraction of sp³-hybridized carbons (Fsp3) is 0.143. The number of nitrogens with zero attached hydrogens (tertiary/aromatic N) is 2. The number of methoxy groups -OCH3 is 1. The number of para-hydroxylation sites is 2. The van der Waals surface area contributed by atoms with E-state index < -0.39 is 28.2 Å². The number of rotatable bonds is 6. The first-order valence-electron chi connectivity index (χ1n) is 9.75. The summed E-state index contributed by atoms with van der Waals surface area (Å²) >= 11 is 0. The van der Waals surface area contributed by atoms with Crippen LogP contribution in [0.4, 0.5) is 28.8 Å². The average Bonchev–Trinajstić information content (AvgIpc) is 2.78. The number of aromatic amines is 1. The molecule has 1 aliphatic heterocycles. The Kier molecular flexibility index (Phi) is 5.72. The van der Waals surface area contributed by atoms with Crippen LogP contribution in [-0.2, 0) is 9.59 Å². The second kappa shape index (κ2) is 8.78. The van der Waals surface area contributed by atoms with E-state index in [0.717, 1.165) is 0 Å². The Bertz CT molecular complexity index is 1320. The van der Waals surface area contributed by atoms with Gasteiger partial charge in [-0.1, -0.05) is 18.2 Å². The zero-order chi connectivity index (χ0) is 23.5. The van der Waals surface area contributed by atoms with Gasteiger partial charge in [-0.25, -0.2) is 0 Å².